The first-order valence-corrected chi connectivity index (χ1v) is 11.6. The number of ether oxygens (including phenoxy) is 5. The average Bonchev–Trinajstić information content (AvgIpc) is 3.20. The Kier molecular flexibility index (Phi) is 7.71. The highest BCUT2D eigenvalue weighted by atomic mass is 16.5. The number of aliphatic hydroxyl groups excluding tert-OH is 1. The van der Waals surface area contributed by atoms with Gasteiger partial charge in [-0.05, 0) is 41.5 Å². The number of carbonyl (C=O) groups is 2. The predicted octanol–water partition coefficient (Wildman–Crippen LogP) is 3.75. The third-order valence-corrected chi connectivity index (χ3v) is 6.28. The van der Waals surface area contributed by atoms with Crippen molar-refractivity contribution in [3.63, 3.8) is 0 Å². The summed E-state index contributed by atoms with van der Waals surface area (Å²) in [6, 6.07) is 10.6. The number of hydrogen-bond acceptors (Lipinski definition) is 9. The van der Waals surface area contributed by atoms with Gasteiger partial charge in [0.15, 0.2) is 11.5 Å². The Morgan fingerprint density at radius 1 is 0.895 bits per heavy atom. The topological polar surface area (TPSA) is 117 Å². The second-order valence-corrected chi connectivity index (χ2v) is 8.31. The molecule has 198 valence electrons. The molecule has 38 heavy (non-hydrogen) atoms. The monoisotopic (exact) mass is 520 g/mol. The zero-order chi connectivity index (χ0) is 27.4. The maximum Gasteiger partial charge on any atom is 0.295 e. The van der Waals surface area contributed by atoms with Gasteiger partial charge < -0.3 is 33.7 Å². The number of likely N-dealkylation sites (tertiary alicyclic amines) is 1. The lowest BCUT2D eigenvalue weighted by Crippen LogP contribution is -2.29. The summed E-state index contributed by atoms with van der Waals surface area (Å²) in [6.07, 6.45) is 3.22. The molecule has 4 rings (SSSR count). The number of rotatable bonds is 9. The van der Waals surface area contributed by atoms with Crippen LogP contribution < -0.4 is 23.7 Å². The molecule has 1 fully saturated rings. The number of aliphatic hydroxyl groups is 1. The quantitative estimate of drug-likeness (QED) is 0.256. The lowest BCUT2D eigenvalue weighted by molar-refractivity contribution is -0.140. The molecule has 1 atom stereocenters. The van der Waals surface area contributed by atoms with E-state index in [4.69, 9.17) is 23.7 Å². The van der Waals surface area contributed by atoms with E-state index in [1.807, 2.05) is 0 Å². The predicted molar refractivity (Wildman–Crippen MR) is 138 cm³/mol. The summed E-state index contributed by atoms with van der Waals surface area (Å²) in [5.74, 6) is -0.244. The number of nitrogens with zero attached hydrogens (tertiary/aromatic N) is 2. The lowest BCUT2D eigenvalue weighted by Gasteiger charge is -2.26. The van der Waals surface area contributed by atoms with Gasteiger partial charge in [0, 0.05) is 25.0 Å². The largest absolute Gasteiger partial charge is 0.507 e. The number of methoxy groups -OCH3 is 5. The summed E-state index contributed by atoms with van der Waals surface area (Å²) < 4.78 is 27.2. The number of Topliss-reactive ketones (excluding diaryl/α,β-unsaturated/α-hetero) is 1. The van der Waals surface area contributed by atoms with E-state index >= 15 is 0 Å². The highest BCUT2D eigenvalue weighted by Gasteiger charge is 2.47. The van der Waals surface area contributed by atoms with Crippen LogP contribution in [0.15, 0.2) is 60.4 Å². The van der Waals surface area contributed by atoms with E-state index in [1.165, 1.54) is 40.4 Å². The maximum absolute atomic E-state index is 13.5. The fraction of sp³-hybridized carbons (Fsp3) is 0.250. The van der Waals surface area contributed by atoms with Crippen LogP contribution in [-0.4, -0.2) is 62.2 Å². The standard InChI is InChI=1S/C28H28N2O8/c1-34-18-8-9-19(20(13-18)35-2)25(31)23-24(17-11-21(36-3)27(38-5)22(12-17)37-4)30(28(33)26(23)32)15-16-7-6-10-29-14-16/h6-14,24,31H,15H2,1-5H3/b25-23+. The molecule has 2 heterocycles. The van der Waals surface area contributed by atoms with Crippen molar-refractivity contribution in [2.75, 3.05) is 35.5 Å². The molecule has 1 amide bonds. The van der Waals surface area contributed by atoms with Crippen molar-refractivity contribution in [3.05, 3.63) is 77.1 Å². The SMILES string of the molecule is COc1ccc(/C(O)=C2\C(=O)C(=O)N(Cc3cccnc3)C2c2cc(OC)c(OC)c(OC)c2)c(OC)c1. The zero-order valence-electron chi connectivity index (χ0n) is 21.7. The van der Waals surface area contributed by atoms with Crippen LogP contribution in [0.5, 0.6) is 28.7 Å². The van der Waals surface area contributed by atoms with Crippen LogP contribution in [0.1, 0.15) is 22.7 Å². The number of aromatic nitrogens is 1. The molecule has 0 saturated carbocycles. The van der Waals surface area contributed by atoms with Crippen molar-refractivity contribution in [2.45, 2.75) is 12.6 Å². The Labute approximate surface area is 220 Å². The molecule has 1 N–H and O–H groups in total. The summed E-state index contributed by atoms with van der Waals surface area (Å²) in [4.78, 5) is 32.4. The molecule has 2 aromatic carbocycles. The fourth-order valence-electron chi connectivity index (χ4n) is 4.48. The minimum absolute atomic E-state index is 0.0657. The minimum atomic E-state index is -0.990. The minimum Gasteiger partial charge on any atom is -0.507 e. The molecule has 0 bridgehead atoms. The molecule has 1 aliphatic heterocycles. The first-order valence-electron chi connectivity index (χ1n) is 11.6. The summed E-state index contributed by atoms with van der Waals surface area (Å²) in [5, 5.41) is 11.5. The van der Waals surface area contributed by atoms with Gasteiger partial charge in [-0.15, -0.1) is 0 Å². The first-order chi connectivity index (χ1) is 18.4. The number of benzene rings is 2. The highest BCUT2D eigenvalue weighted by molar-refractivity contribution is 6.46. The number of ketones is 1. The Morgan fingerprint density at radius 3 is 2.13 bits per heavy atom. The molecule has 0 radical (unpaired) electrons. The van der Waals surface area contributed by atoms with E-state index < -0.39 is 23.5 Å². The van der Waals surface area contributed by atoms with E-state index in [2.05, 4.69) is 4.98 Å². The van der Waals surface area contributed by atoms with Crippen LogP contribution in [0, 0.1) is 0 Å². The van der Waals surface area contributed by atoms with E-state index in [1.54, 1.807) is 54.9 Å². The Bertz CT molecular complexity index is 1360. The molecular formula is C28H28N2O8. The van der Waals surface area contributed by atoms with Crippen LogP contribution >= 0.6 is 0 Å². The van der Waals surface area contributed by atoms with Gasteiger partial charge in [0.05, 0.1) is 52.7 Å². The third-order valence-electron chi connectivity index (χ3n) is 6.28. The Hall–Kier alpha value is -4.73. The van der Waals surface area contributed by atoms with Crippen LogP contribution in [0.2, 0.25) is 0 Å². The smallest absolute Gasteiger partial charge is 0.295 e. The zero-order valence-corrected chi connectivity index (χ0v) is 21.7. The maximum atomic E-state index is 13.5. The number of carbonyl (C=O) groups excluding carboxylic acids is 2. The lowest BCUT2D eigenvalue weighted by atomic mass is 9.94. The van der Waals surface area contributed by atoms with E-state index in [-0.39, 0.29) is 23.4 Å². The molecule has 10 heteroatoms. The average molecular weight is 521 g/mol. The summed E-state index contributed by atoms with van der Waals surface area (Å²) in [5.41, 5.74) is 1.28. The van der Waals surface area contributed by atoms with E-state index in [0.717, 1.165) is 0 Å². The first kappa shape index (κ1) is 26.3. The van der Waals surface area contributed by atoms with Crippen molar-refractivity contribution in [1.29, 1.82) is 0 Å². The number of hydrogen-bond donors (Lipinski definition) is 1. The summed E-state index contributed by atoms with van der Waals surface area (Å²) in [6.45, 7) is 0.0657. The van der Waals surface area contributed by atoms with Gasteiger partial charge in [0.25, 0.3) is 11.7 Å². The molecule has 1 unspecified atom stereocenters. The molecule has 10 nitrogen and oxygen atoms in total. The van der Waals surface area contributed by atoms with Gasteiger partial charge in [0.1, 0.15) is 17.3 Å². The normalized spacial score (nSPS) is 16.3. The molecule has 3 aromatic rings. The molecule has 0 spiro atoms. The van der Waals surface area contributed by atoms with Crippen LogP contribution in [0.4, 0.5) is 0 Å². The van der Waals surface area contributed by atoms with E-state index in [0.29, 0.717) is 34.1 Å². The Morgan fingerprint density at radius 2 is 1.58 bits per heavy atom. The third kappa shape index (κ3) is 4.68. The summed E-state index contributed by atoms with van der Waals surface area (Å²) >= 11 is 0. The molecule has 1 aliphatic rings. The van der Waals surface area contributed by atoms with E-state index in [9.17, 15) is 14.7 Å². The van der Waals surface area contributed by atoms with Crippen LogP contribution in [0.3, 0.4) is 0 Å². The van der Waals surface area contributed by atoms with Gasteiger partial charge in [-0.25, -0.2) is 0 Å². The van der Waals surface area contributed by atoms with Gasteiger partial charge in [-0.2, -0.15) is 0 Å². The molecule has 1 aromatic heterocycles. The van der Waals surface area contributed by atoms with Crippen LogP contribution in [-0.2, 0) is 16.1 Å². The van der Waals surface area contributed by atoms with Crippen molar-refractivity contribution in [1.82, 2.24) is 9.88 Å². The van der Waals surface area contributed by atoms with Gasteiger partial charge in [-0.1, -0.05) is 6.07 Å². The Balaban J connectivity index is 1.97. The molecule has 1 saturated heterocycles. The number of pyridine rings is 1. The van der Waals surface area contributed by atoms with Crippen molar-refractivity contribution in [3.8, 4) is 28.7 Å². The van der Waals surface area contributed by atoms with Gasteiger partial charge in [-0.3, -0.25) is 14.6 Å². The van der Waals surface area contributed by atoms with Gasteiger partial charge >= 0.3 is 0 Å². The highest BCUT2D eigenvalue weighted by Crippen LogP contribution is 2.46. The molecular weight excluding hydrogens is 492 g/mol. The van der Waals surface area contributed by atoms with Crippen molar-refractivity contribution >= 4 is 17.4 Å². The molecule has 0 aliphatic carbocycles. The second kappa shape index (κ2) is 11.1. The fourth-order valence-corrected chi connectivity index (χ4v) is 4.48. The van der Waals surface area contributed by atoms with Crippen molar-refractivity contribution in [2.24, 2.45) is 0 Å². The van der Waals surface area contributed by atoms with Gasteiger partial charge in [0.2, 0.25) is 5.75 Å². The van der Waals surface area contributed by atoms with Crippen molar-refractivity contribution < 1.29 is 38.4 Å². The second-order valence-electron chi connectivity index (χ2n) is 8.31. The summed E-state index contributed by atoms with van der Waals surface area (Å²) in [7, 11) is 7.35. The number of amides is 1. The van der Waals surface area contributed by atoms with Crippen LogP contribution in [0.25, 0.3) is 5.76 Å².